The number of amides is 3. The van der Waals surface area contributed by atoms with Crippen molar-refractivity contribution in [2.45, 2.75) is 10.1 Å². The molecule has 0 radical (unpaired) electrons. The van der Waals surface area contributed by atoms with Gasteiger partial charge in [0.2, 0.25) is 5.91 Å². The standard InChI is InChI=1S/C42H31Cl2N3O3S/c43-36-25-22-34(27-37(36)44)46-42(50)39(31-12-6-2-7-13-31)51-35-23-20-33(21-24-35)45-41(49)38(47-40(48)32-14-8-3-9-15-32)26-28-16-18-30(19-17-28)29-10-4-1-5-11-29/h1-27,39H,(H,45,49)(H,46,50)(H,47,48)/b38-26-. The Balaban J connectivity index is 1.19. The topological polar surface area (TPSA) is 87.3 Å². The van der Waals surface area contributed by atoms with E-state index in [-0.39, 0.29) is 11.6 Å². The first kappa shape index (κ1) is 35.2. The molecule has 0 aliphatic carbocycles. The van der Waals surface area contributed by atoms with E-state index >= 15 is 0 Å². The molecule has 0 spiro atoms. The number of thioether (sulfide) groups is 1. The van der Waals surface area contributed by atoms with Gasteiger partial charge < -0.3 is 16.0 Å². The van der Waals surface area contributed by atoms with Crippen molar-refractivity contribution in [1.82, 2.24) is 5.32 Å². The van der Waals surface area contributed by atoms with Gasteiger partial charge in [0.25, 0.3) is 11.8 Å². The molecule has 0 bridgehead atoms. The second-order valence-electron chi connectivity index (χ2n) is 11.4. The smallest absolute Gasteiger partial charge is 0.272 e. The molecule has 51 heavy (non-hydrogen) atoms. The van der Waals surface area contributed by atoms with Gasteiger partial charge in [-0.25, -0.2) is 0 Å². The first-order chi connectivity index (χ1) is 24.8. The number of carbonyl (C=O) groups is 3. The summed E-state index contributed by atoms with van der Waals surface area (Å²) in [5.74, 6) is -1.13. The highest BCUT2D eigenvalue weighted by Gasteiger charge is 2.23. The van der Waals surface area contributed by atoms with E-state index in [1.54, 1.807) is 60.7 Å². The Morgan fingerprint density at radius 3 is 1.82 bits per heavy atom. The monoisotopic (exact) mass is 727 g/mol. The molecule has 3 N–H and O–H groups in total. The van der Waals surface area contributed by atoms with Gasteiger partial charge in [0, 0.05) is 21.8 Å². The van der Waals surface area contributed by atoms with E-state index in [0.29, 0.717) is 27.0 Å². The number of carbonyl (C=O) groups excluding carboxylic acids is 3. The first-order valence-corrected chi connectivity index (χ1v) is 17.6. The average Bonchev–Trinajstić information content (AvgIpc) is 3.17. The van der Waals surface area contributed by atoms with Gasteiger partial charge in [0.05, 0.1) is 10.0 Å². The number of hydrogen-bond donors (Lipinski definition) is 3. The van der Waals surface area contributed by atoms with E-state index in [1.807, 2.05) is 103 Å². The summed E-state index contributed by atoms with van der Waals surface area (Å²) in [6.45, 7) is 0. The molecule has 0 aliphatic heterocycles. The fraction of sp³-hybridized carbons (Fsp3) is 0.0238. The van der Waals surface area contributed by atoms with Crippen LogP contribution in [0.4, 0.5) is 11.4 Å². The molecule has 0 aromatic heterocycles. The van der Waals surface area contributed by atoms with Gasteiger partial charge in [-0.05, 0) is 82.9 Å². The maximum atomic E-state index is 13.7. The maximum absolute atomic E-state index is 13.7. The Bertz CT molecular complexity index is 2160. The van der Waals surface area contributed by atoms with Crippen LogP contribution in [0.2, 0.25) is 10.0 Å². The third-order valence-electron chi connectivity index (χ3n) is 7.75. The molecule has 6 nitrogen and oxygen atoms in total. The number of hydrogen-bond acceptors (Lipinski definition) is 4. The van der Waals surface area contributed by atoms with Crippen molar-refractivity contribution < 1.29 is 14.4 Å². The molecule has 6 aromatic carbocycles. The van der Waals surface area contributed by atoms with Crippen LogP contribution in [-0.4, -0.2) is 17.7 Å². The number of benzene rings is 6. The second-order valence-corrected chi connectivity index (χ2v) is 13.4. The van der Waals surface area contributed by atoms with Gasteiger partial charge in [-0.1, -0.05) is 126 Å². The van der Waals surface area contributed by atoms with Crippen LogP contribution in [-0.2, 0) is 9.59 Å². The summed E-state index contributed by atoms with van der Waals surface area (Å²) in [6.07, 6.45) is 1.64. The zero-order chi connectivity index (χ0) is 35.6. The summed E-state index contributed by atoms with van der Waals surface area (Å²) in [7, 11) is 0. The molecule has 0 heterocycles. The van der Waals surface area contributed by atoms with Crippen LogP contribution < -0.4 is 16.0 Å². The molecule has 3 amide bonds. The van der Waals surface area contributed by atoms with Gasteiger partial charge in [0.1, 0.15) is 10.9 Å². The van der Waals surface area contributed by atoms with Crippen LogP contribution in [0.3, 0.4) is 0 Å². The molecule has 0 fully saturated rings. The van der Waals surface area contributed by atoms with Gasteiger partial charge >= 0.3 is 0 Å². The SMILES string of the molecule is O=C(Nc1ccc(SC(C(=O)Nc2ccc(Cl)c(Cl)c2)c2ccccc2)cc1)/C(=C/c1ccc(-c2ccccc2)cc1)NC(=O)c1ccccc1. The summed E-state index contributed by atoms with van der Waals surface area (Å²) < 4.78 is 0. The van der Waals surface area contributed by atoms with E-state index in [1.165, 1.54) is 11.8 Å². The molecule has 6 aromatic rings. The lowest BCUT2D eigenvalue weighted by Gasteiger charge is -2.18. The highest BCUT2D eigenvalue weighted by molar-refractivity contribution is 8.00. The van der Waals surface area contributed by atoms with Crippen molar-refractivity contribution in [2.24, 2.45) is 0 Å². The maximum Gasteiger partial charge on any atom is 0.272 e. The van der Waals surface area contributed by atoms with Crippen molar-refractivity contribution in [3.63, 3.8) is 0 Å². The molecule has 1 atom stereocenters. The fourth-order valence-electron chi connectivity index (χ4n) is 5.15. The van der Waals surface area contributed by atoms with Crippen molar-refractivity contribution in [1.29, 1.82) is 0 Å². The minimum atomic E-state index is -0.586. The largest absolute Gasteiger partial charge is 0.325 e. The third-order valence-corrected chi connectivity index (χ3v) is 9.76. The molecule has 0 saturated carbocycles. The number of halogens is 2. The lowest BCUT2D eigenvalue weighted by atomic mass is 10.0. The van der Waals surface area contributed by atoms with E-state index in [9.17, 15) is 14.4 Å². The summed E-state index contributed by atoms with van der Waals surface area (Å²) in [5, 5.41) is 8.78. The Hall–Kier alpha value is -5.60. The molecule has 0 saturated heterocycles. The van der Waals surface area contributed by atoms with Crippen molar-refractivity contribution in [3.05, 3.63) is 190 Å². The molecule has 9 heteroatoms. The molecular formula is C42H31Cl2N3O3S. The van der Waals surface area contributed by atoms with E-state index in [4.69, 9.17) is 23.2 Å². The molecule has 1 unspecified atom stereocenters. The quantitative estimate of drug-likeness (QED) is 0.0916. The van der Waals surface area contributed by atoms with E-state index in [2.05, 4.69) is 16.0 Å². The zero-order valence-electron chi connectivity index (χ0n) is 27.1. The van der Waals surface area contributed by atoms with Crippen molar-refractivity contribution >= 4 is 70.1 Å². The summed E-state index contributed by atoms with van der Waals surface area (Å²) in [6, 6.07) is 48.0. The van der Waals surface area contributed by atoms with Gasteiger partial charge in [-0.15, -0.1) is 11.8 Å². The van der Waals surface area contributed by atoms with Crippen LogP contribution in [0.5, 0.6) is 0 Å². The van der Waals surface area contributed by atoms with Crippen LogP contribution >= 0.6 is 35.0 Å². The molecule has 252 valence electrons. The highest BCUT2D eigenvalue weighted by Crippen LogP contribution is 2.37. The molecular weight excluding hydrogens is 697 g/mol. The third kappa shape index (κ3) is 9.55. The second kappa shape index (κ2) is 16.9. The zero-order valence-corrected chi connectivity index (χ0v) is 29.4. The van der Waals surface area contributed by atoms with E-state index in [0.717, 1.165) is 27.1 Å². The summed E-state index contributed by atoms with van der Waals surface area (Å²) in [5.41, 5.74) is 5.22. The first-order valence-electron chi connectivity index (χ1n) is 15.9. The Labute approximate surface area is 310 Å². The molecule has 6 rings (SSSR count). The normalized spacial score (nSPS) is 11.7. The number of nitrogens with one attached hydrogen (secondary N) is 3. The van der Waals surface area contributed by atoms with Gasteiger partial charge in [0.15, 0.2) is 0 Å². The van der Waals surface area contributed by atoms with Gasteiger partial charge in [-0.2, -0.15) is 0 Å². The van der Waals surface area contributed by atoms with Crippen molar-refractivity contribution in [2.75, 3.05) is 10.6 Å². The number of anilines is 2. The highest BCUT2D eigenvalue weighted by atomic mass is 35.5. The van der Waals surface area contributed by atoms with Crippen LogP contribution in [0, 0.1) is 0 Å². The lowest BCUT2D eigenvalue weighted by molar-refractivity contribution is -0.116. The van der Waals surface area contributed by atoms with E-state index < -0.39 is 17.1 Å². The Morgan fingerprint density at radius 1 is 0.588 bits per heavy atom. The predicted octanol–water partition coefficient (Wildman–Crippen LogP) is 10.5. The minimum absolute atomic E-state index is 0.0814. The summed E-state index contributed by atoms with van der Waals surface area (Å²) >= 11 is 13.6. The summed E-state index contributed by atoms with van der Waals surface area (Å²) in [4.78, 5) is 41.1. The fourth-order valence-corrected chi connectivity index (χ4v) is 6.47. The average molecular weight is 729 g/mol. The predicted molar refractivity (Wildman–Crippen MR) is 209 cm³/mol. The van der Waals surface area contributed by atoms with Crippen LogP contribution in [0.15, 0.2) is 168 Å². The van der Waals surface area contributed by atoms with Crippen molar-refractivity contribution in [3.8, 4) is 11.1 Å². The lowest BCUT2D eigenvalue weighted by Crippen LogP contribution is -2.30. The van der Waals surface area contributed by atoms with Crippen LogP contribution in [0.25, 0.3) is 17.2 Å². The number of rotatable bonds is 11. The van der Waals surface area contributed by atoms with Gasteiger partial charge in [-0.3, -0.25) is 14.4 Å². The Kier molecular flexibility index (Phi) is 11.7. The van der Waals surface area contributed by atoms with Crippen LogP contribution in [0.1, 0.15) is 26.7 Å². The molecule has 0 aliphatic rings. The minimum Gasteiger partial charge on any atom is -0.325 e. The Morgan fingerprint density at radius 2 is 1.18 bits per heavy atom.